The largest absolute Gasteiger partial charge is 0.388 e. The second-order valence-electron chi connectivity index (χ2n) is 2.49. The Morgan fingerprint density at radius 2 is 2.00 bits per heavy atom. The number of nitrogens with zero attached hydrogens (tertiary/aromatic N) is 1. The van der Waals surface area contributed by atoms with E-state index in [0.29, 0.717) is 5.56 Å². The van der Waals surface area contributed by atoms with Gasteiger partial charge < -0.3 is 5.11 Å². The zero-order valence-electron chi connectivity index (χ0n) is 6.60. The predicted molar refractivity (Wildman–Crippen MR) is 50.5 cm³/mol. The van der Waals surface area contributed by atoms with E-state index in [0.717, 1.165) is 0 Å². The molecule has 0 amide bonds. The highest BCUT2D eigenvalue weighted by atomic mass is 16.6. The highest BCUT2D eigenvalue weighted by Gasteiger charge is 2.15. The van der Waals surface area contributed by atoms with Crippen molar-refractivity contribution in [1.29, 1.82) is 0 Å². The molecule has 72 valence electrons. The molecule has 1 atom stereocenters. The van der Waals surface area contributed by atoms with Crippen LogP contribution < -0.4 is 0 Å². The van der Waals surface area contributed by atoms with Crippen LogP contribution >= 0.6 is 0 Å². The van der Waals surface area contributed by atoms with E-state index < -0.39 is 11.0 Å². The average Bonchev–Trinajstić information content (AvgIpc) is 2.04. The van der Waals surface area contributed by atoms with E-state index in [2.05, 4.69) is 0 Å². The van der Waals surface area contributed by atoms with Gasteiger partial charge in [-0.15, -0.1) is 0 Å². The first kappa shape index (κ1) is 11.6. The quantitative estimate of drug-likeness (QED) is 0.565. The smallest absolute Gasteiger partial charge is 0.275 e. The molecule has 0 bridgehead atoms. The fourth-order valence-electron chi connectivity index (χ4n) is 1.01. The monoisotopic (exact) mass is 183 g/mol. The van der Waals surface area contributed by atoms with Gasteiger partial charge in [-0.05, 0) is 13.0 Å². The van der Waals surface area contributed by atoms with Gasteiger partial charge in [0.25, 0.3) is 5.69 Å². The van der Waals surface area contributed by atoms with Crippen LogP contribution in [0.15, 0.2) is 24.3 Å². The lowest BCUT2D eigenvalue weighted by Gasteiger charge is -2.03. The third-order valence-corrected chi connectivity index (χ3v) is 1.58. The van der Waals surface area contributed by atoms with Crippen molar-refractivity contribution >= 4 is 5.69 Å². The number of aliphatic hydroxyl groups excluding tert-OH is 1. The highest BCUT2D eigenvalue weighted by Crippen LogP contribution is 2.23. The normalized spacial score (nSPS) is 11.5. The molecule has 1 aromatic carbocycles. The molecule has 0 aliphatic rings. The standard InChI is InChI=1S/C8H9NO3.CH4/c1-6(10)7-4-2-3-5-8(7)9(11)12;/h2-6,10H,1H3;1H4. The molecule has 4 heteroatoms. The molecule has 0 spiro atoms. The van der Waals surface area contributed by atoms with Crippen molar-refractivity contribution in [3.8, 4) is 0 Å². The Morgan fingerprint density at radius 1 is 1.46 bits per heavy atom. The molecule has 1 aromatic rings. The summed E-state index contributed by atoms with van der Waals surface area (Å²) < 4.78 is 0. The van der Waals surface area contributed by atoms with Gasteiger partial charge in [0.1, 0.15) is 0 Å². The van der Waals surface area contributed by atoms with Gasteiger partial charge in [0.2, 0.25) is 0 Å². The summed E-state index contributed by atoms with van der Waals surface area (Å²) in [6, 6.07) is 6.16. The number of nitro groups is 1. The molecule has 4 nitrogen and oxygen atoms in total. The van der Waals surface area contributed by atoms with E-state index in [9.17, 15) is 10.1 Å². The van der Waals surface area contributed by atoms with Crippen molar-refractivity contribution in [1.82, 2.24) is 0 Å². The average molecular weight is 183 g/mol. The van der Waals surface area contributed by atoms with Crippen LogP contribution in [0.5, 0.6) is 0 Å². The number of aliphatic hydroxyl groups is 1. The Labute approximate surface area is 77.0 Å². The number of hydrogen-bond donors (Lipinski definition) is 1. The molecular weight excluding hydrogens is 170 g/mol. The van der Waals surface area contributed by atoms with E-state index in [4.69, 9.17) is 5.11 Å². The van der Waals surface area contributed by atoms with Crippen molar-refractivity contribution in [3.63, 3.8) is 0 Å². The van der Waals surface area contributed by atoms with Gasteiger partial charge in [-0.3, -0.25) is 10.1 Å². The number of nitro benzene ring substituents is 1. The summed E-state index contributed by atoms with van der Waals surface area (Å²) in [4.78, 5) is 9.92. The third kappa shape index (κ3) is 2.52. The molecule has 0 aromatic heterocycles. The molecule has 0 aliphatic heterocycles. The fraction of sp³-hybridized carbons (Fsp3) is 0.333. The van der Waals surface area contributed by atoms with Gasteiger partial charge in [-0.25, -0.2) is 0 Å². The second-order valence-corrected chi connectivity index (χ2v) is 2.49. The van der Waals surface area contributed by atoms with Crippen LogP contribution in [0.4, 0.5) is 5.69 Å². The van der Waals surface area contributed by atoms with Crippen molar-refractivity contribution in [2.45, 2.75) is 20.5 Å². The van der Waals surface area contributed by atoms with Gasteiger partial charge in [0.05, 0.1) is 16.6 Å². The first-order valence-corrected chi connectivity index (χ1v) is 3.54. The number of benzene rings is 1. The van der Waals surface area contributed by atoms with Crippen LogP contribution in [0, 0.1) is 10.1 Å². The first-order chi connectivity index (χ1) is 5.63. The second kappa shape index (κ2) is 4.57. The van der Waals surface area contributed by atoms with Gasteiger partial charge >= 0.3 is 0 Å². The minimum Gasteiger partial charge on any atom is -0.388 e. The minimum absolute atomic E-state index is 0. The van der Waals surface area contributed by atoms with Gasteiger partial charge in [0.15, 0.2) is 0 Å². The Kier molecular flexibility index (Phi) is 4.07. The summed E-state index contributed by atoms with van der Waals surface area (Å²) in [7, 11) is 0. The molecule has 1 unspecified atom stereocenters. The lowest BCUT2D eigenvalue weighted by molar-refractivity contribution is -0.386. The van der Waals surface area contributed by atoms with Crippen LogP contribution in [-0.2, 0) is 0 Å². The molecule has 1 rings (SSSR count). The van der Waals surface area contributed by atoms with Crippen LogP contribution in [0.1, 0.15) is 26.0 Å². The summed E-state index contributed by atoms with van der Waals surface area (Å²) >= 11 is 0. The molecule has 13 heavy (non-hydrogen) atoms. The topological polar surface area (TPSA) is 63.4 Å². The molecule has 0 fully saturated rings. The lowest BCUT2D eigenvalue weighted by Crippen LogP contribution is -1.98. The van der Waals surface area contributed by atoms with Crippen molar-refractivity contribution in [2.75, 3.05) is 0 Å². The maximum atomic E-state index is 10.4. The van der Waals surface area contributed by atoms with E-state index in [1.807, 2.05) is 0 Å². The minimum atomic E-state index is -0.799. The molecule has 1 N–H and O–H groups in total. The molecule has 0 heterocycles. The van der Waals surface area contributed by atoms with Crippen molar-refractivity contribution < 1.29 is 10.0 Å². The maximum Gasteiger partial charge on any atom is 0.275 e. The maximum absolute atomic E-state index is 10.4. The Bertz CT molecular complexity index is 297. The van der Waals surface area contributed by atoms with E-state index >= 15 is 0 Å². The molecule has 0 saturated carbocycles. The Balaban J connectivity index is 0.00000144. The van der Waals surface area contributed by atoms with Gasteiger partial charge in [0, 0.05) is 6.07 Å². The predicted octanol–water partition coefficient (Wildman–Crippen LogP) is 2.28. The molecular formula is C9H13NO3. The fourth-order valence-corrected chi connectivity index (χ4v) is 1.01. The van der Waals surface area contributed by atoms with Crippen molar-refractivity contribution in [2.24, 2.45) is 0 Å². The van der Waals surface area contributed by atoms with E-state index in [1.165, 1.54) is 13.0 Å². The highest BCUT2D eigenvalue weighted by molar-refractivity contribution is 5.40. The zero-order chi connectivity index (χ0) is 9.14. The lowest BCUT2D eigenvalue weighted by atomic mass is 10.1. The molecule has 0 radical (unpaired) electrons. The summed E-state index contributed by atoms with van der Waals surface area (Å²) in [6.07, 6.45) is -0.799. The number of hydrogen-bond acceptors (Lipinski definition) is 3. The van der Waals surface area contributed by atoms with E-state index in [1.54, 1.807) is 18.2 Å². The van der Waals surface area contributed by atoms with Crippen LogP contribution in [-0.4, -0.2) is 10.0 Å². The summed E-state index contributed by atoms with van der Waals surface area (Å²) in [5, 5.41) is 19.6. The molecule has 0 saturated heterocycles. The third-order valence-electron chi connectivity index (χ3n) is 1.58. The van der Waals surface area contributed by atoms with Gasteiger partial charge in [-0.2, -0.15) is 0 Å². The van der Waals surface area contributed by atoms with Crippen molar-refractivity contribution in [3.05, 3.63) is 39.9 Å². The van der Waals surface area contributed by atoms with E-state index in [-0.39, 0.29) is 13.1 Å². The zero-order valence-corrected chi connectivity index (χ0v) is 6.60. The summed E-state index contributed by atoms with van der Waals surface area (Å²) in [6.45, 7) is 1.50. The SMILES string of the molecule is C.CC(O)c1ccccc1[N+](=O)[O-]. The summed E-state index contributed by atoms with van der Waals surface area (Å²) in [5.74, 6) is 0. The Morgan fingerprint density at radius 3 is 2.38 bits per heavy atom. The summed E-state index contributed by atoms with van der Waals surface area (Å²) in [5.41, 5.74) is 0.315. The number of para-hydroxylation sites is 1. The van der Waals surface area contributed by atoms with Crippen LogP contribution in [0.3, 0.4) is 0 Å². The van der Waals surface area contributed by atoms with Crippen LogP contribution in [0.25, 0.3) is 0 Å². The van der Waals surface area contributed by atoms with Crippen LogP contribution in [0.2, 0.25) is 0 Å². The van der Waals surface area contributed by atoms with Gasteiger partial charge in [-0.1, -0.05) is 19.6 Å². The molecule has 0 aliphatic carbocycles. The number of rotatable bonds is 2. The first-order valence-electron chi connectivity index (χ1n) is 3.54. The Hall–Kier alpha value is -1.42.